The zero-order valence-corrected chi connectivity index (χ0v) is 12.6. The number of carboxylic acid groups (broad SMARTS) is 1. The SMILES string of the molecule is CN(C(=O)NC(C(=O)O)c1ccccc1)C(=O)C(C)(C)C. The van der Waals surface area contributed by atoms with Crippen LogP contribution in [0.4, 0.5) is 4.79 Å². The molecule has 0 aromatic heterocycles. The fourth-order valence-corrected chi connectivity index (χ4v) is 1.75. The molecule has 1 atom stereocenters. The average Bonchev–Trinajstić information content (AvgIpc) is 2.42. The number of aliphatic carboxylic acids is 1. The molecule has 0 bridgehead atoms. The molecule has 1 rings (SSSR count). The number of carbonyl (C=O) groups excluding carboxylic acids is 2. The minimum atomic E-state index is -1.20. The van der Waals surface area contributed by atoms with Gasteiger partial charge in [0.2, 0.25) is 5.91 Å². The van der Waals surface area contributed by atoms with E-state index in [0.29, 0.717) is 5.56 Å². The Labute approximate surface area is 123 Å². The molecule has 1 aromatic rings. The fraction of sp³-hybridized carbons (Fsp3) is 0.400. The van der Waals surface area contributed by atoms with Crippen LogP contribution in [0, 0.1) is 5.41 Å². The Hall–Kier alpha value is -2.37. The van der Waals surface area contributed by atoms with Crippen molar-refractivity contribution in [2.24, 2.45) is 5.41 Å². The zero-order chi connectivity index (χ0) is 16.2. The second kappa shape index (κ2) is 6.39. The summed E-state index contributed by atoms with van der Waals surface area (Å²) in [5, 5.41) is 11.6. The Morgan fingerprint density at radius 2 is 1.67 bits per heavy atom. The van der Waals surface area contributed by atoms with Crippen molar-refractivity contribution in [3.05, 3.63) is 35.9 Å². The summed E-state index contributed by atoms with van der Waals surface area (Å²) in [6.07, 6.45) is 0. The first-order valence-electron chi connectivity index (χ1n) is 6.51. The van der Waals surface area contributed by atoms with Gasteiger partial charge in [0, 0.05) is 12.5 Å². The first-order valence-corrected chi connectivity index (χ1v) is 6.51. The highest BCUT2D eigenvalue weighted by Crippen LogP contribution is 2.18. The molecule has 0 saturated heterocycles. The lowest BCUT2D eigenvalue weighted by Gasteiger charge is -2.26. The maximum atomic E-state index is 12.0. The van der Waals surface area contributed by atoms with E-state index in [4.69, 9.17) is 0 Å². The summed E-state index contributed by atoms with van der Waals surface area (Å²) in [4.78, 5) is 36.3. The molecule has 2 N–H and O–H groups in total. The van der Waals surface area contributed by atoms with Crippen LogP contribution in [0.3, 0.4) is 0 Å². The van der Waals surface area contributed by atoms with Gasteiger partial charge in [-0.3, -0.25) is 9.69 Å². The summed E-state index contributed by atoms with van der Waals surface area (Å²) in [7, 11) is 1.33. The summed E-state index contributed by atoms with van der Waals surface area (Å²) in [6, 6.07) is 6.37. The van der Waals surface area contributed by atoms with E-state index in [-0.39, 0.29) is 0 Å². The Bertz CT molecular complexity index is 534. The maximum absolute atomic E-state index is 12.0. The molecule has 0 heterocycles. The van der Waals surface area contributed by atoms with E-state index in [1.54, 1.807) is 51.1 Å². The van der Waals surface area contributed by atoms with Crippen molar-refractivity contribution in [2.45, 2.75) is 26.8 Å². The number of amides is 3. The normalized spacial score (nSPS) is 12.4. The number of rotatable bonds is 3. The summed E-state index contributed by atoms with van der Waals surface area (Å²) in [6.45, 7) is 5.06. The minimum Gasteiger partial charge on any atom is -0.479 e. The van der Waals surface area contributed by atoms with Crippen molar-refractivity contribution in [3.63, 3.8) is 0 Å². The second-order valence-corrected chi connectivity index (χ2v) is 5.75. The molecule has 0 radical (unpaired) electrons. The van der Waals surface area contributed by atoms with Crippen LogP contribution in [0.15, 0.2) is 30.3 Å². The molecule has 0 aliphatic heterocycles. The third-order valence-electron chi connectivity index (χ3n) is 2.90. The molecule has 0 aliphatic rings. The summed E-state index contributed by atoms with van der Waals surface area (Å²) in [5.74, 6) is -1.58. The monoisotopic (exact) mass is 292 g/mol. The van der Waals surface area contributed by atoms with Crippen molar-refractivity contribution in [3.8, 4) is 0 Å². The van der Waals surface area contributed by atoms with Crippen LogP contribution in [0.5, 0.6) is 0 Å². The fourth-order valence-electron chi connectivity index (χ4n) is 1.75. The highest BCUT2D eigenvalue weighted by Gasteiger charge is 2.31. The molecule has 0 spiro atoms. The van der Waals surface area contributed by atoms with Crippen LogP contribution in [0.25, 0.3) is 0 Å². The van der Waals surface area contributed by atoms with E-state index in [0.717, 1.165) is 4.90 Å². The van der Waals surface area contributed by atoms with Gasteiger partial charge in [0.25, 0.3) is 0 Å². The van der Waals surface area contributed by atoms with Crippen molar-refractivity contribution in [2.75, 3.05) is 7.05 Å². The number of urea groups is 1. The van der Waals surface area contributed by atoms with Crippen LogP contribution >= 0.6 is 0 Å². The van der Waals surface area contributed by atoms with Gasteiger partial charge in [-0.2, -0.15) is 0 Å². The van der Waals surface area contributed by atoms with E-state index in [9.17, 15) is 19.5 Å². The quantitative estimate of drug-likeness (QED) is 0.892. The Kier molecular flexibility index (Phi) is 5.07. The number of carboxylic acids is 1. The number of hydrogen-bond acceptors (Lipinski definition) is 3. The predicted molar refractivity (Wildman–Crippen MR) is 77.6 cm³/mol. The molecule has 1 aromatic carbocycles. The lowest BCUT2D eigenvalue weighted by atomic mass is 9.95. The number of carbonyl (C=O) groups is 3. The number of benzene rings is 1. The standard InChI is InChI=1S/C15H20N2O4/c1-15(2,3)13(20)17(4)14(21)16-11(12(18)19)10-8-6-5-7-9-10/h5-9,11H,1-4H3,(H,16,21)(H,18,19). The first kappa shape index (κ1) is 16.7. The highest BCUT2D eigenvalue weighted by molar-refractivity contribution is 5.97. The van der Waals surface area contributed by atoms with Crippen molar-refractivity contribution in [1.29, 1.82) is 0 Å². The molecule has 0 aliphatic carbocycles. The van der Waals surface area contributed by atoms with Crippen molar-refractivity contribution >= 4 is 17.9 Å². The van der Waals surface area contributed by atoms with E-state index >= 15 is 0 Å². The van der Waals surface area contributed by atoms with Gasteiger partial charge < -0.3 is 10.4 Å². The molecule has 0 saturated carbocycles. The Morgan fingerprint density at radius 1 is 1.14 bits per heavy atom. The van der Waals surface area contributed by atoms with Gasteiger partial charge in [-0.1, -0.05) is 51.1 Å². The van der Waals surface area contributed by atoms with Crippen LogP contribution in [-0.2, 0) is 9.59 Å². The molecule has 1 unspecified atom stereocenters. The lowest BCUT2D eigenvalue weighted by Crippen LogP contribution is -2.48. The van der Waals surface area contributed by atoms with Gasteiger partial charge in [0.05, 0.1) is 0 Å². The first-order chi connectivity index (χ1) is 9.64. The number of nitrogens with zero attached hydrogens (tertiary/aromatic N) is 1. The number of hydrogen-bond donors (Lipinski definition) is 2. The predicted octanol–water partition coefficient (Wildman–Crippen LogP) is 2.03. The minimum absolute atomic E-state index is 0.391. The summed E-state index contributed by atoms with van der Waals surface area (Å²) in [5.41, 5.74) is -0.285. The molecule has 21 heavy (non-hydrogen) atoms. The van der Waals surface area contributed by atoms with Crippen LogP contribution in [-0.4, -0.2) is 35.0 Å². The third-order valence-corrected chi connectivity index (χ3v) is 2.90. The molecular formula is C15H20N2O4. The molecule has 0 fully saturated rings. The van der Waals surface area contributed by atoms with Gasteiger partial charge in [-0.25, -0.2) is 9.59 Å². The van der Waals surface area contributed by atoms with E-state index in [1.165, 1.54) is 7.05 Å². The van der Waals surface area contributed by atoms with E-state index in [2.05, 4.69) is 5.32 Å². The van der Waals surface area contributed by atoms with Crippen LogP contribution in [0.2, 0.25) is 0 Å². The third kappa shape index (κ3) is 4.30. The van der Waals surface area contributed by atoms with E-state index < -0.39 is 29.4 Å². The smallest absolute Gasteiger partial charge is 0.330 e. The van der Waals surface area contributed by atoms with Gasteiger partial charge >= 0.3 is 12.0 Å². The van der Waals surface area contributed by atoms with Gasteiger partial charge in [-0.15, -0.1) is 0 Å². The zero-order valence-electron chi connectivity index (χ0n) is 12.6. The van der Waals surface area contributed by atoms with Gasteiger partial charge in [0.15, 0.2) is 6.04 Å². The van der Waals surface area contributed by atoms with Gasteiger partial charge in [-0.05, 0) is 5.56 Å². The second-order valence-electron chi connectivity index (χ2n) is 5.75. The van der Waals surface area contributed by atoms with Crippen molar-refractivity contribution in [1.82, 2.24) is 10.2 Å². The molecular weight excluding hydrogens is 272 g/mol. The lowest BCUT2D eigenvalue weighted by molar-refractivity contribution is -0.140. The van der Waals surface area contributed by atoms with Gasteiger partial charge in [0.1, 0.15) is 0 Å². The molecule has 3 amide bonds. The largest absolute Gasteiger partial charge is 0.479 e. The Balaban J connectivity index is 2.89. The number of imide groups is 1. The van der Waals surface area contributed by atoms with E-state index in [1.807, 2.05) is 0 Å². The van der Waals surface area contributed by atoms with Crippen LogP contribution in [0.1, 0.15) is 32.4 Å². The van der Waals surface area contributed by atoms with Crippen LogP contribution < -0.4 is 5.32 Å². The summed E-state index contributed by atoms with van der Waals surface area (Å²) >= 11 is 0. The topological polar surface area (TPSA) is 86.7 Å². The summed E-state index contributed by atoms with van der Waals surface area (Å²) < 4.78 is 0. The molecule has 6 nitrogen and oxygen atoms in total. The number of nitrogens with one attached hydrogen (secondary N) is 1. The van der Waals surface area contributed by atoms with Crippen molar-refractivity contribution < 1.29 is 19.5 Å². The average molecular weight is 292 g/mol. The molecule has 6 heteroatoms. The Morgan fingerprint density at radius 3 is 2.10 bits per heavy atom. The highest BCUT2D eigenvalue weighted by atomic mass is 16.4. The maximum Gasteiger partial charge on any atom is 0.330 e. The molecule has 114 valence electrons.